The van der Waals surface area contributed by atoms with Gasteiger partial charge in [0, 0.05) is 12.0 Å². The van der Waals surface area contributed by atoms with E-state index in [1.807, 2.05) is 0 Å². The van der Waals surface area contributed by atoms with E-state index < -0.39 is 0 Å². The topological polar surface area (TPSA) is 38.7 Å². The Bertz CT molecular complexity index is 400. The van der Waals surface area contributed by atoms with Gasteiger partial charge in [0.25, 0.3) is 0 Å². The molecule has 1 aliphatic rings. The summed E-state index contributed by atoms with van der Waals surface area (Å²) in [5.74, 6) is -0.0873. The van der Waals surface area contributed by atoms with Gasteiger partial charge in [0.1, 0.15) is 0 Å². The van der Waals surface area contributed by atoms with Crippen LogP contribution in [0.25, 0.3) is 0 Å². The fraction of sp³-hybridized carbons (Fsp3) is 0.571. The molecular formula is C14H19FO3. The summed E-state index contributed by atoms with van der Waals surface area (Å²) >= 11 is 0. The van der Waals surface area contributed by atoms with Crippen LogP contribution in [0.4, 0.5) is 4.39 Å². The zero-order valence-corrected chi connectivity index (χ0v) is 10.6. The lowest BCUT2D eigenvalue weighted by molar-refractivity contribution is -0.0382. The molecule has 1 heterocycles. The van der Waals surface area contributed by atoms with Crippen LogP contribution in [0.3, 0.4) is 0 Å². The summed E-state index contributed by atoms with van der Waals surface area (Å²) in [7, 11) is 1.45. The van der Waals surface area contributed by atoms with Crippen molar-refractivity contribution in [1.29, 1.82) is 0 Å². The van der Waals surface area contributed by atoms with E-state index in [0.717, 1.165) is 19.4 Å². The predicted molar refractivity (Wildman–Crippen MR) is 66.2 cm³/mol. The fourth-order valence-electron chi connectivity index (χ4n) is 2.48. The molecule has 1 fully saturated rings. The molecule has 100 valence electrons. The van der Waals surface area contributed by atoms with Crippen molar-refractivity contribution in [2.24, 2.45) is 5.41 Å². The van der Waals surface area contributed by atoms with Crippen LogP contribution in [0.1, 0.15) is 18.4 Å². The van der Waals surface area contributed by atoms with Gasteiger partial charge in [-0.05, 0) is 30.9 Å². The molecule has 0 radical (unpaired) electrons. The maximum atomic E-state index is 14.1. The first-order chi connectivity index (χ1) is 8.71. The second-order valence-electron chi connectivity index (χ2n) is 4.92. The number of rotatable bonds is 4. The van der Waals surface area contributed by atoms with Gasteiger partial charge >= 0.3 is 0 Å². The van der Waals surface area contributed by atoms with Crippen LogP contribution < -0.4 is 4.74 Å². The average Bonchev–Trinajstić information content (AvgIpc) is 2.42. The smallest absolute Gasteiger partial charge is 0.168 e. The molecule has 1 aliphatic heterocycles. The minimum atomic E-state index is -0.356. The van der Waals surface area contributed by atoms with E-state index in [2.05, 4.69) is 0 Å². The highest BCUT2D eigenvalue weighted by molar-refractivity contribution is 5.31. The summed E-state index contributed by atoms with van der Waals surface area (Å²) in [6.07, 6.45) is 2.25. The summed E-state index contributed by atoms with van der Waals surface area (Å²) in [5.41, 5.74) is 0.222. The van der Waals surface area contributed by atoms with E-state index in [9.17, 15) is 9.50 Å². The maximum absolute atomic E-state index is 14.1. The molecule has 1 saturated heterocycles. The van der Waals surface area contributed by atoms with Crippen molar-refractivity contribution in [2.45, 2.75) is 19.3 Å². The third kappa shape index (κ3) is 2.65. The van der Waals surface area contributed by atoms with Crippen molar-refractivity contribution >= 4 is 0 Å². The summed E-state index contributed by atoms with van der Waals surface area (Å²) in [6.45, 7) is 1.23. The Hall–Kier alpha value is -1.13. The summed E-state index contributed by atoms with van der Waals surface area (Å²) < 4.78 is 24.5. The van der Waals surface area contributed by atoms with Gasteiger partial charge in [-0.3, -0.25) is 0 Å². The molecule has 1 N–H and O–H groups in total. The molecule has 1 unspecified atom stereocenters. The quantitative estimate of drug-likeness (QED) is 0.895. The molecule has 0 bridgehead atoms. The number of aliphatic hydroxyl groups excluding tert-OH is 1. The molecule has 1 aromatic rings. The van der Waals surface area contributed by atoms with Gasteiger partial charge in [0.2, 0.25) is 0 Å². The molecule has 18 heavy (non-hydrogen) atoms. The monoisotopic (exact) mass is 254 g/mol. The number of methoxy groups -OCH3 is 1. The lowest BCUT2D eigenvalue weighted by atomic mass is 9.78. The van der Waals surface area contributed by atoms with Crippen LogP contribution in [0, 0.1) is 11.2 Å². The van der Waals surface area contributed by atoms with E-state index in [0.29, 0.717) is 18.6 Å². The van der Waals surface area contributed by atoms with E-state index in [1.165, 1.54) is 7.11 Å². The molecule has 0 saturated carbocycles. The lowest BCUT2D eigenvalue weighted by Gasteiger charge is -2.35. The van der Waals surface area contributed by atoms with E-state index in [4.69, 9.17) is 9.47 Å². The van der Waals surface area contributed by atoms with E-state index in [1.54, 1.807) is 18.2 Å². The van der Waals surface area contributed by atoms with Crippen molar-refractivity contribution in [3.63, 3.8) is 0 Å². The third-order valence-corrected chi connectivity index (χ3v) is 3.57. The lowest BCUT2D eigenvalue weighted by Crippen LogP contribution is -2.37. The van der Waals surface area contributed by atoms with Crippen LogP contribution in [0.15, 0.2) is 18.2 Å². The van der Waals surface area contributed by atoms with Gasteiger partial charge in [-0.1, -0.05) is 12.1 Å². The van der Waals surface area contributed by atoms with Crippen LogP contribution >= 0.6 is 0 Å². The maximum Gasteiger partial charge on any atom is 0.168 e. The van der Waals surface area contributed by atoms with Crippen molar-refractivity contribution in [2.75, 3.05) is 26.9 Å². The van der Waals surface area contributed by atoms with Crippen molar-refractivity contribution in [3.8, 4) is 5.75 Å². The largest absolute Gasteiger partial charge is 0.494 e. The molecular weight excluding hydrogens is 235 g/mol. The van der Waals surface area contributed by atoms with Crippen LogP contribution in [0.2, 0.25) is 0 Å². The Morgan fingerprint density at radius 3 is 2.94 bits per heavy atom. The second-order valence-corrected chi connectivity index (χ2v) is 4.92. The number of hydrogen-bond acceptors (Lipinski definition) is 3. The highest BCUT2D eigenvalue weighted by Crippen LogP contribution is 2.34. The second kappa shape index (κ2) is 5.67. The first-order valence-corrected chi connectivity index (χ1v) is 6.21. The molecule has 0 aliphatic carbocycles. The Morgan fingerprint density at radius 1 is 1.50 bits per heavy atom. The minimum Gasteiger partial charge on any atom is -0.494 e. The van der Waals surface area contributed by atoms with Gasteiger partial charge in [-0.25, -0.2) is 4.39 Å². The number of hydrogen-bond donors (Lipinski definition) is 1. The highest BCUT2D eigenvalue weighted by atomic mass is 19.1. The summed E-state index contributed by atoms with van der Waals surface area (Å²) in [4.78, 5) is 0. The number of halogens is 1. The summed E-state index contributed by atoms with van der Waals surface area (Å²) in [5, 5.41) is 9.59. The third-order valence-electron chi connectivity index (χ3n) is 3.57. The molecule has 2 rings (SSSR count). The van der Waals surface area contributed by atoms with Gasteiger partial charge in [-0.15, -0.1) is 0 Å². The zero-order valence-electron chi connectivity index (χ0n) is 10.6. The fourth-order valence-corrected chi connectivity index (χ4v) is 2.48. The summed E-state index contributed by atoms with van der Waals surface area (Å²) in [6, 6.07) is 5.11. The Kier molecular flexibility index (Phi) is 4.19. The van der Waals surface area contributed by atoms with Crippen LogP contribution in [-0.4, -0.2) is 32.0 Å². The predicted octanol–water partition coefficient (Wildman–Crippen LogP) is 2.17. The molecule has 1 aromatic carbocycles. The Labute approximate surface area is 107 Å². The molecule has 0 aromatic heterocycles. The van der Waals surface area contributed by atoms with Gasteiger partial charge < -0.3 is 14.6 Å². The van der Waals surface area contributed by atoms with Crippen molar-refractivity contribution < 1.29 is 19.0 Å². The molecule has 0 amide bonds. The number of ether oxygens (including phenoxy) is 2. The molecule has 3 nitrogen and oxygen atoms in total. The number of aliphatic hydroxyl groups is 1. The first-order valence-electron chi connectivity index (χ1n) is 6.21. The Balaban J connectivity index is 2.21. The van der Waals surface area contributed by atoms with Crippen LogP contribution in [-0.2, 0) is 11.2 Å². The first kappa shape index (κ1) is 13.3. The highest BCUT2D eigenvalue weighted by Gasteiger charge is 2.33. The van der Waals surface area contributed by atoms with Gasteiger partial charge in [0.15, 0.2) is 11.6 Å². The van der Waals surface area contributed by atoms with E-state index >= 15 is 0 Å². The molecule has 0 spiro atoms. The van der Waals surface area contributed by atoms with Crippen molar-refractivity contribution in [3.05, 3.63) is 29.6 Å². The zero-order chi connectivity index (χ0) is 13.0. The van der Waals surface area contributed by atoms with Crippen LogP contribution in [0.5, 0.6) is 5.75 Å². The number of benzene rings is 1. The SMILES string of the molecule is COc1cccc(CC2(CO)CCCOC2)c1F. The molecule has 4 heteroatoms. The Morgan fingerprint density at radius 2 is 2.33 bits per heavy atom. The van der Waals surface area contributed by atoms with Gasteiger partial charge in [0.05, 0.1) is 20.3 Å². The standard InChI is InChI=1S/C14H19FO3/c1-17-12-5-2-4-11(13(12)15)8-14(9-16)6-3-7-18-10-14/h2,4-5,16H,3,6-10H2,1H3. The molecule has 1 atom stereocenters. The van der Waals surface area contributed by atoms with Gasteiger partial charge in [-0.2, -0.15) is 0 Å². The van der Waals surface area contributed by atoms with E-state index in [-0.39, 0.29) is 23.6 Å². The average molecular weight is 254 g/mol. The minimum absolute atomic E-state index is 0.0175. The van der Waals surface area contributed by atoms with Crippen molar-refractivity contribution in [1.82, 2.24) is 0 Å². The normalized spacial score (nSPS) is 23.9.